The molecule has 0 radical (unpaired) electrons. The molecule has 0 fully saturated rings. The minimum Gasteiger partial charge on any atom is -0.480 e. The molecule has 1 atom stereocenters. The number of aliphatic hydroxyl groups is 1. The van der Waals surface area contributed by atoms with Crippen molar-refractivity contribution >= 4 is 12.0 Å². The maximum absolute atomic E-state index is 11.9. The smallest absolute Gasteiger partial charge is 0.328 e. The Hall–Kier alpha value is -2.08. The van der Waals surface area contributed by atoms with Crippen molar-refractivity contribution in [2.75, 3.05) is 13.2 Å². The van der Waals surface area contributed by atoms with E-state index in [4.69, 9.17) is 10.2 Å². The predicted octanol–water partition coefficient (Wildman–Crippen LogP) is 0.664. The van der Waals surface area contributed by atoms with Crippen LogP contribution in [0.2, 0.25) is 0 Å². The average Bonchev–Trinajstić information content (AvgIpc) is 2.42. The average molecular weight is 266 g/mol. The first-order valence-corrected chi connectivity index (χ1v) is 6.01. The molecule has 0 aliphatic heterocycles. The van der Waals surface area contributed by atoms with Gasteiger partial charge in [0.25, 0.3) is 0 Å². The molecule has 0 bridgehead atoms. The number of nitrogens with zero attached hydrogens (tertiary/aromatic N) is 1. The van der Waals surface area contributed by atoms with Gasteiger partial charge in [0.1, 0.15) is 0 Å². The van der Waals surface area contributed by atoms with Crippen molar-refractivity contribution in [2.24, 2.45) is 0 Å². The summed E-state index contributed by atoms with van der Waals surface area (Å²) in [4.78, 5) is 24.1. The molecule has 19 heavy (non-hydrogen) atoms. The lowest BCUT2D eigenvalue weighted by Gasteiger charge is -2.23. The number of carbonyl (C=O) groups is 2. The first-order valence-electron chi connectivity index (χ1n) is 6.01. The zero-order valence-electron chi connectivity index (χ0n) is 10.7. The third-order valence-corrected chi connectivity index (χ3v) is 2.66. The van der Waals surface area contributed by atoms with Crippen molar-refractivity contribution in [3.63, 3.8) is 0 Å². The van der Waals surface area contributed by atoms with Crippen molar-refractivity contribution in [1.82, 2.24) is 10.2 Å². The van der Waals surface area contributed by atoms with E-state index in [0.29, 0.717) is 13.1 Å². The Labute approximate surface area is 111 Å². The Balaban J connectivity index is 2.64. The van der Waals surface area contributed by atoms with Crippen LogP contribution in [0.3, 0.4) is 0 Å². The molecule has 0 spiro atoms. The van der Waals surface area contributed by atoms with Crippen molar-refractivity contribution < 1.29 is 19.8 Å². The van der Waals surface area contributed by atoms with E-state index in [0.717, 1.165) is 5.56 Å². The maximum Gasteiger partial charge on any atom is 0.328 e. The third-order valence-electron chi connectivity index (χ3n) is 2.66. The van der Waals surface area contributed by atoms with Gasteiger partial charge in [-0.1, -0.05) is 30.3 Å². The van der Waals surface area contributed by atoms with Crippen LogP contribution in [-0.4, -0.2) is 46.3 Å². The lowest BCUT2D eigenvalue weighted by atomic mass is 10.2. The molecular weight excluding hydrogens is 248 g/mol. The number of carboxylic acid groups (broad SMARTS) is 1. The zero-order chi connectivity index (χ0) is 14.3. The van der Waals surface area contributed by atoms with Crippen LogP contribution in [-0.2, 0) is 11.3 Å². The molecule has 6 nitrogen and oxygen atoms in total. The second-order valence-corrected chi connectivity index (χ2v) is 4.02. The molecule has 3 N–H and O–H groups in total. The van der Waals surface area contributed by atoms with Crippen molar-refractivity contribution in [3.05, 3.63) is 35.9 Å². The quantitative estimate of drug-likeness (QED) is 0.705. The molecule has 0 saturated heterocycles. The number of aliphatic carboxylic acids is 1. The molecule has 1 rings (SSSR count). The van der Waals surface area contributed by atoms with Crippen LogP contribution in [0.4, 0.5) is 4.79 Å². The highest BCUT2D eigenvalue weighted by Crippen LogP contribution is 2.04. The van der Waals surface area contributed by atoms with E-state index in [1.807, 2.05) is 30.3 Å². The Morgan fingerprint density at radius 2 is 1.95 bits per heavy atom. The number of rotatable bonds is 6. The molecule has 0 aliphatic carbocycles. The van der Waals surface area contributed by atoms with Gasteiger partial charge in [-0.2, -0.15) is 0 Å². The summed E-state index contributed by atoms with van der Waals surface area (Å²) in [7, 11) is 0. The van der Waals surface area contributed by atoms with E-state index in [9.17, 15) is 9.59 Å². The van der Waals surface area contributed by atoms with E-state index < -0.39 is 24.6 Å². The van der Waals surface area contributed by atoms with Gasteiger partial charge in [-0.15, -0.1) is 0 Å². The Bertz CT molecular complexity index is 422. The van der Waals surface area contributed by atoms with Crippen LogP contribution in [0, 0.1) is 0 Å². The molecule has 0 aromatic heterocycles. The van der Waals surface area contributed by atoms with E-state index in [2.05, 4.69) is 5.32 Å². The fourth-order valence-electron chi connectivity index (χ4n) is 1.56. The summed E-state index contributed by atoms with van der Waals surface area (Å²) in [5, 5.41) is 19.9. The zero-order valence-corrected chi connectivity index (χ0v) is 10.7. The van der Waals surface area contributed by atoms with Gasteiger partial charge in [0.05, 0.1) is 6.61 Å². The van der Waals surface area contributed by atoms with Crippen LogP contribution < -0.4 is 5.32 Å². The Kier molecular flexibility index (Phi) is 5.81. The van der Waals surface area contributed by atoms with Crippen molar-refractivity contribution in [2.45, 2.75) is 19.5 Å². The van der Waals surface area contributed by atoms with E-state index in [1.165, 1.54) is 4.90 Å². The highest BCUT2D eigenvalue weighted by molar-refractivity contribution is 5.82. The lowest BCUT2D eigenvalue weighted by molar-refractivity contribution is -0.140. The minimum atomic E-state index is -1.28. The lowest BCUT2D eigenvalue weighted by Crippen LogP contribution is -2.49. The van der Waals surface area contributed by atoms with Gasteiger partial charge in [0.15, 0.2) is 6.04 Å². The molecule has 1 aromatic carbocycles. The topological polar surface area (TPSA) is 89.9 Å². The highest BCUT2D eigenvalue weighted by Gasteiger charge is 2.21. The second kappa shape index (κ2) is 7.38. The molecule has 2 amide bonds. The SMILES string of the molecule is CCN(Cc1ccccc1)C(=O)N[C@H](CO)C(=O)O. The van der Waals surface area contributed by atoms with Gasteiger partial charge >= 0.3 is 12.0 Å². The summed E-state index contributed by atoms with van der Waals surface area (Å²) < 4.78 is 0. The molecule has 0 aliphatic rings. The molecule has 0 unspecified atom stereocenters. The second-order valence-electron chi connectivity index (χ2n) is 4.02. The number of carbonyl (C=O) groups excluding carboxylic acids is 1. The first kappa shape index (κ1) is 15.0. The number of urea groups is 1. The van der Waals surface area contributed by atoms with Gasteiger partial charge in [-0.05, 0) is 12.5 Å². The Morgan fingerprint density at radius 3 is 2.42 bits per heavy atom. The number of nitrogens with one attached hydrogen (secondary N) is 1. The Morgan fingerprint density at radius 1 is 1.32 bits per heavy atom. The number of hydrogen-bond acceptors (Lipinski definition) is 3. The summed E-state index contributed by atoms with van der Waals surface area (Å²) in [6.07, 6.45) is 0. The summed E-state index contributed by atoms with van der Waals surface area (Å²) in [6, 6.07) is 7.61. The number of benzene rings is 1. The number of carboxylic acids is 1. The largest absolute Gasteiger partial charge is 0.480 e. The fraction of sp³-hybridized carbons (Fsp3) is 0.385. The summed E-state index contributed by atoms with van der Waals surface area (Å²) in [6.45, 7) is 2.00. The van der Waals surface area contributed by atoms with Gasteiger partial charge in [0, 0.05) is 13.1 Å². The standard InChI is InChI=1S/C13H18N2O4/c1-2-15(8-10-6-4-3-5-7-10)13(19)14-11(9-16)12(17)18/h3-7,11,16H,2,8-9H2,1H3,(H,14,19)(H,17,18)/t11-/m1/s1. The highest BCUT2D eigenvalue weighted by atomic mass is 16.4. The molecule has 0 heterocycles. The normalized spacial score (nSPS) is 11.7. The van der Waals surface area contributed by atoms with Crippen LogP contribution in [0.15, 0.2) is 30.3 Å². The summed E-state index contributed by atoms with van der Waals surface area (Å²) >= 11 is 0. The number of hydrogen-bond donors (Lipinski definition) is 3. The van der Waals surface area contributed by atoms with Crippen LogP contribution in [0.25, 0.3) is 0 Å². The van der Waals surface area contributed by atoms with Gasteiger partial charge in [-0.25, -0.2) is 9.59 Å². The molecule has 0 saturated carbocycles. The summed E-state index contributed by atoms with van der Waals surface area (Å²) in [5.74, 6) is -1.26. The van der Waals surface area contributed by atoms with E-state index in [1.54, 1.807) is 6.92 Å². The fourth-order valence-corrected chi connectivity index (χ4v) is 1.56. The monoisotopic (exact) mass is 266 g/mol. The van der Waals surface area contributed by atoms with Crippen molar-refractivity contribution in [3.8, 4) is 0 Å². The number of amides is 2. The van der Waals surface area contributed by atoms with Crippen LogP contribution in [0.5, 0.6) is 0 Å². The third kappa shape index (κ3) is 4.59. The summed E-state index contributed by atoms with van der Waals surface area (Å²) in [5.41, 5.74) is 0.954. The maximum atomic E-state index is 11.9. The van der Waals surface area contributed by atoms with Crippen molar-refractivity contribution in [1.29, 1.82) is 0 Å². The number of aliphatic hydroxyl groups excluding tert-OH is 1. The van der Waals surface area contributed by atoms with Gasteiger partial charge in [-0.3, -0.25) is 0 Å². The molecular formula is C13H18N2O4. The molecule has 104 valence electrons. The van der Waals surface area contributed by atoms with Crippen LogP contribution in [0.1, 0.15) is 12.5 Å². The van der Waals surface area contributed by atoms with E-state index >= 15 is 0 Å². The molecule has 6 heteroatoms. The van der Waals surface area contributed by atoms with Crippen LogP contribution >= 0.6 is 0 Å². The minimum absolute atomic E-state index is 0.390. The van der Waals surface area contributed by atoms with Gasteiger partial charge in [0.2, 0.25) is 0 Å². The molecule has 1 aromatic rings. The predicted molar refractivity (Wildman–Crippen MR) is 69.6 cm³/mol. The first-order chi connectivity index (χ1) is 9.08. The van der Waals surface area contributed by atoms with Gasteiger partial charge < -0.3 is 20.4 Å². The van der Waals surface area contributed by atoms with E-state index in [-0.39, 0.29) is 0 Å².